The number of carbonyl (C=O) groups is 1. The van der Waals surface area contributed by atoms with E-state index in [0.717, 1.165) is 18.5 Å². The molecule has 0 unspecified atom stereocenters. The number of hydrogen-bond donors (Lipinski definition) is 1. The molecular formula is C13H17IN2O. The monoisotopic (exact) mass is 344 g/mol. The van der Waals surface area contributed by atoms with E-state index in [2.05, 4.69) is 22.6 Å². The maximum atomic E-state index is 11.6. The SMILES string of the molecule is NC(=O)N(c1ccc(I)cc1)C1CCCCC1. The van der Waals surface area contributed by atoms with Crippen molar-refractivity contribution >= 4 is 34.3 Å². The third-order valence-corrected chi connectivity index (χ3v) is 4.00. The van der Waals surface area contributed by atoms with Crippen LogP contribution in [0, 0.1) is 3.57 Å². The van der Waals surface area contributed by atoms with Gasteiger partial charge in [-0.1, -0.05) is 19.3 Å². The summed E-state index contributed by atoms with van der Waals surface area (Å²) < 4.78 is 1.17. The number of urea groups is 1. The summed E-state index contributed by atoms with van der Waals surface area (Å²) in [5, 5.41) is 0. The smallest absolute Gasteiger partial charge is 0.319 e. The van der Waals surface area contributed by atoms with Crippen molar-refractivity contribution in [2.24, 2.45) is 5.73 Å². The van der Waals surface area contributed by atoms with E-state index < -0.39 is 0 Å². The van der Waals surface area contributed by atoms with Crippen molar-refractivity contribution in [2.45, 2.75) is 38.1 Å². The quantitative estimate of drug-likeness (QED) is 0.820. The fourth-order valence-electron chi connectivity index (χ4n) is 2.46. The third-order valence-electron chi connectivity index (χ3n) is 3.28. The number of nitrogens with two attached hydrogens (primary N) is 1. The number of carbonyl (C=O) groups excluding carboxylic acids is 1. The predicted octanol–water partition coefficient (Wildman–Crippen LogP) is 3.51. The lowest BCUT2D eigenvalue weighted by molar-refractivity contribution is 0.249. The van der Waals surface area contributed by atoms with Crippen molar-refractivity contribution in [2.75, 3.05) is 4.90 Å². The molecule has 3 nitrogen and oxygen atoms in total. The molecule has 0 heterocycles. The molecule has 1 aliphatic carbocycles. The predicted molar refractivity (Wildman–Crippen MR) is 78.1 cm³/mol. The Labute approximate surface area is 116 Å². The largest absolute Gasteiger partial charge is 0.351 e. The lowest BCUT2D eigenvalue weighted by Crippen LogP contribution is -2.44. The van der Waals surface area contributed by atoms with E-state index in [1.165, 1.54) is 22.8 Å². The van der Waals surface area contributed by atoms with Crippen LogP contribution in [0.15, 0.2) is 24.3 Å². The van der Waals surface area contributed by atoms with Gasteiger partial charge < -0.3 is 5.73 Å². The summed E-state index contributed by atoms with van der Waals surface area (Å²) >= 11 is 2.26. The number of nitrogens with zero attached hydrogens (tertiary/aromatic N) is 1. The minimum absolute atomic E-state index is 0.279. The number of primary amides is 1. The molecule has 4 heteroatoms. The Kier molecular flexibility index (Phi) is 4.25. The fraction of sp³-hybridized carbons (Fsp3) is 0.462. The average Bonchev–Trinajstić information content (AvgIpc) is 2.33. The van der Waals surface area contributed by atoms with Crippen LogP contribution in [-0.4, -0.2) is 12.1 Å². The first-order chi connectivity index (χ1) is 8.18. The Bertz CT molecular complexity index is 385. The molecule has 0 aromatic heterocycles. The maximum absolute atomic E-state index is 11.6. The Morgan fingerprint density at radius 1 is 1.18 bits per heavy atom. The van der Waals surface area contributed by atoms with Crippen molar-refractivity contribution in [1.82, 2.24) is 0 Å². The zero-order chi connectivity index (χ0) is 12.3. The number of hydrogen-bond acceptors (Lipinski definition) is 1. The van der Waals surface area contributed by atoms with Crippen LogP contribution < -0.4 is 10.6 Å². The zero-order valence-corrected chi connectivity index (χ0v) is 11.9. The molecule has 0 saturated heterocycles. The summed E-state index contributed by atoms with van der Waals surface area (Å²) in [5.41, 5.74) is 6.44. The van der Waals surface area contributed by atoms with Gasteiger partial charge in [0.1, 0.15) is 0 Å². The standard InChI is InChI=1S/C13H17IN2O/c14-10-6-8-12(9-7-10)16(13(15)17)11-4-2-1-3-5-11/h6-9,11H,1-5H2,(H2,15,17). The molecule has 0 spiro atoms. The molecule has 17 heavy (non-hydrogen) atoms. The Balaban J connectivity index is 2.21. The molecule has 0 bridgehead atoms. The normalized spacial score (nSPS) is 16.8. The first-order valence-electron chi connectivity index (χ1n) is 6.03. The number of benzene rings is 1. The van der Waals surface area contributed by atoms with Gasteiger partial charge in [-0.05, 0) is 59.7 Å². The van der Waals surface area contributed by atoms with Gasteiger partial charge in [-0.2, -0.15) is 0 Å². The van der Waals surface area contributed by atoms with Crippen molar-refractivity contribution in [3.8, 4) is 0 Å². The van der Waals surface area contributed by atoms with E-state index in [-0.39, 0.29) is 12.1 Å². The lowest BCUT2D eigenvalue weighted by atomic mass is 9.94. The van der Waals surface area contributed by atoms with Crippen molar-refractivity contribution < 1.29 is 4.79 Å². The second kappa shape index (κ2) is 5.71. The molecule has 0 radical (unpaired) electrons. The van der Waals surface area contributed by atoms with E-state index in [4.69, 9.17) is 5.73 Å². The van der Waals surface area contributed by atoms with Gasteiger partial charge in [-0.15, -0.1) is 0 Å². The molecule has 2 rings (SSSR count). The van der Waals surface area contributed by atoms with Crippen LogP contribution in [0.25, 0.3) is 0 Å². The van der Waals surface area contributed by atoms with Gasteiger partial charge in [-0.3, -0.25) is 4.90 Å². The van der Waals surface area contributed by atoms with Crippen LogP contribution in [-0.2, 0) is 0 Å². The fourth-order valence-corrected chi connectivity index (χ4v) is 2.82. The summed E-state index contributed by atoms with van der Waals surface area (Å²) in [7, 11) is 0. The molecular weight excluding hydrogens is 327 g/mol. The molecule has 1 fully saturated rings. The van der Waals surface area contributed by atoms with Gasteiger partial charge in [0.05, 0.1) is 0 Å². The number of anilines is 1. The summed E-state index contributed by atoms with van der Waals surface area (Å²) in [6, 6.07) is 7.91. The van der Waals surface area contributed by atoms with E-state index >= 15 is 0 Å². The first-order valence-corrected chi connectivity index (χ1v) is 7.10. The van der Waals surface area contributed by atoms with Crippen LogP contribution in [0.5, 0.6) is 0 Å². The molecule has 1 aliphatic rings. The van der Waals surface area contributed by atoms with Crippen molar-refractivity contribution in [3.05, 3.63) is 27.8 Å². The topological polar surface area (TPSA) is 46.3 Å². The summed E-state index contributed by atoms with van der Waals surface area (Å²) in [6.07, 6.45) is 5.79. The zero-order valence-electron chi connectivity index (χ0n) is 9.73. The van der Waals surface area contributed by atoms with Crippen LogP contribution >= 0.6 is 22.6 Å². The first kappa shape index (κ1) is 12.7. The molecule has 1 aromatic rings. The highest BCUT2D eigenvalue weighted by Crippen LogP contribution is 2.27. The molecule has 2 N–H and O–H groups in total. The number of halogens is 1. The molecule has 0 atom stereocenters. The van der Waals surface area contributed by atoms with Gasteiger partial charge in [0, 0.05) is 15.3 Å². The van der Waals surface area contributed by atoms with Gasteiger partial charge in [-0.25, -0.2) is 4.79 Å². The molecule has 2 amide bonds. The summed E-state index contributed by atoms with van der Waals surface area (Å²) in [6.45, 7) is 0. The van der Waals surface area contributed by atoms with E-state index in [9.17, 15) is 4.79 Å². The Morgan fingerprint density at radius 2 is 1.76 bits per heavy atom. The van der Waals surface area contributed by atoms with E-state index in [0.29, 0.717) is 0 Å². The average molecular weight is 344 g/mol. The lowest BCUT2D eigenvalue weighted by Gasteiger charge is -2.33. The van der Waals surface area contributed by atoms with Gasteiger partial charge in [0.25, 0.3) is 0 Å². The highest BCUT2D eigenvalue weighted by atomic mass is 127. The highest BCUT2D eigenvalue weighted by molar-refractivity contribution is 14.1. The van der Waals surface area contributed by atoms with Crippen LogP contribution in [0.2, 0.25) is 0 Å². The van der Waals surface area contributed by atoms with Crippen molar-refractivity contribution in [1.29, 1.82) is 0 Å². The Morgan fingerprint density at radius 3 is 2.29 bits per heavy atom. The number of amides is 2. The van der Waals surface area contributed by atoms with Crippen LogP contribution in [0.3, 0.4) is 0 Å². The maximum Gasteiger partial charge on any atom is 0.319 e. The van der Waals surface area contributed by atoms with Crippen LogP contribution in [0.4, 0.5) is 10.5 Å². The molecule has 1 saturated carbocycles. The number of rotatable bonds is 2. The van der Waals surface area contributed by atoms with E-state index in [1.807, 2.05) is 24.3 Å². The van der Waals surface area contributed by atoms with E-state index in [1.54, 1.807) is 4.90 Å². The summed E-state index contributed by atoms with van der Waals surface area (Å²) in [5.74, 6) is 0. The highest BCUT2D eigenvalue weighted by Gasteiger charge is 2.24. The molecule has 0 aliphatic heterocycles. The van der Waals surface area contributed by atoms with Crippen molar-refractivity contribution in [3.63, 3.8) is 0 Å². The second-order valence-corrected chi connectivity index (χ2v) is 5.72. The van der Waals surface area contributed by atoms with Gasteiger partial charge >= 0.3 is 6.03 Å². The third kappa shape index (κ3) is 3.12. The summed E-state index contributed by atoms with van der Waals surface area (Å²) in [4.78, 5) is 13.4. The minimum Gasteiger partial charge on any atom is -0.351 e. The molecule has 1 aromatic carbocycles. The second-order valence-electron chi connectivity index (χ2n) is 4.48. The van der Waals surface area contributed by atoms with Crippen LogP contribution in [0.1, 0.15) is 32.1 Å². The molecule has 92 valence electrons. The minimum atomic E-state index is -0.335. The Hall–Kier alpha value is -0.780. The van der Waals surface area contributed by atoms with Gasteiger partial charge in [0.2, 0.25) is 0 Å². The van der Waals surface area contributed by atoms with Gasteiger partial charge in [0.15, 0.2) is 0 Å².